The molecule has 0 radical (unpaired) electrons. The number of rotatable bonds is 10. The molecular formula is C25H32F2N2. The molecule has 0 N–H and O–H groups in total. The topological polar surface area (TPSA) is 27.0 Å². The molecule has 2 atom stereocenters. The summed E-state index contributed by atoms with van der Waals surface area (Å²) in [6.45, 7) is 6.76. The van der Waals surface area contributed by atoms with Gasteiger partial charge in [0, 0.05) is 18.2 Å². The minimum absolute atomic E-state index is 0.0840. The number of nitriles is 1. The van der Waals surface area contributed by atoms with Gasteiger partial charge in [0.05, 0.1) is 11.5 Å². The number of hydrogen-bond acceptors (Lipinski definition) is 2. The Morgan fingerprint density at radius 3 is 2.17 bits per heavy atom. The molecule has 2 nitrogen and oxygen atoms in total. The fraction of sp³-hybridized carbons (Fsp3) is 0.480. The molecule has 0 fully saturated rings. The van der Waals surface area contributed by atoms with Crippen molar-refractivity contribution in [1.29, 1.82) is 5.26 Å². The van der Waals surface area contributed by atoms with E-state index in [9.17, 15) is 14.0 Å². The Hall–Kier alpha value is -2.25. The molecular weight excluding hydrogens is 366 g/mol. The van der Waals surface area contributed by atoms with Gasteiger partial charge in [-0.1, -0.05) is 57.2 Å². The lowest BCUT2D eigenvalue weighted by Crippen LogP contribution is -2.38. The van der Waals surface area contributed by atoms with Crippen molar-refractivity contribution in [3.8, 4) is 6.07 Å². The van der Waals surface area contributed by atoms with E-state index in [4.69, 9.17) is 0 Å². The molecule has 2 unspecified atom stereocenters. The van der Waals surface area contributed by atoms with Gasteiger partial charge >= 0.3 is 0 Å². The van der Waals surface area contributed by atoms with Gasteiger partial charge in [-0.3, -0.25) is 0 Å². The zero-order valence-electron chi connectivity index (χ0n) is 18.0. The summed E-state index contributed by atoms with van der Waals surface area (Å²) in [5.41, 5.74) is 0.0267. The summed E-state index contributed by atoms with van der Waals surface area (Å²) in [4.78, 5) is 2.30. The minimum atomic E-state index is -1.18. The van der Waals surface area contributed by atoms with E-state index in [2.05, 4.69) is 37.1 Å². The molecule has 156 valence electrons. The summed E-state index contributed by atoms with van der Waals surface area (Å²) in [5, 5.41) is 10.0. The van der Waals surface area contributed by atoms with Crippen molar-refractivity contribution in [2.24, 2.45) is 5.92 Å². The van der Waals surface area contributed by atoms with Crippen LogP contribution < -0.4 is 0 Å². The van der Waals surface area contributed by atoms with Gasteiger partial charge in [-0.2, -0.15) is 5.26 Å². The Bertz CT molecular complexity index is 793. The largest absolute Gasteiger partial charge is 0.303 e. The van der Waals surface area contributed by atoms with Gasteiger partial charge in [0.15, 0.2) is 0 Å². The van der Waals surface area contributed by atoms with Crippen molar-refractivity contribution in [2.75, 3.05) is 13.6 Å². The highest BCUT2D eigenvalue weighted by Gasteiger charge is 2.41. The summed E-state index contributed by atoms with van der Waals surface area (Å²) in [5.74, 6) is -1.47. The Balaban J connectivity index is 2.15. The zero-order chi connectivity index (χ0) is 21.4. The van der Waals surface area contributed by atoms with E-state index in [-0.39, 0.29) is 17.5 Å². The van der Waals surface area contributed by atoms with Gasteiger partial charge < -0.3 is 4.90 Å². The summed E-state index contributed by atoms with van der Waals surface area (Å²) in [7, 11) is 2.09. The Labute approximate surface area is 174 Å². The van der Waals surface area contributed by atoms with Crippen molar-refractivity contribution in [1.82, 2.24) is 4.90 Å². The third kappa shape index (κ3) is 5.42. The van der Waals surface area contributed by atoms with Crippen LogP contribution >= 0.6 is 0 Å². The number of halogens is 2. The number of benzene rings is 2. The van der Waals surface area contributed by atoms with Crippen LogP contribution in [0.1, 0.15) is 51.2 Å². The highest BCUT2D eigenvalue weighted by atomic mass is 19.1. The van der Waals surface area contributed by atoms with Gasteiger partial charge in [-0.15, -0.1) is 0 Å². The first kappa shape index (κ1) is 23.0. The van der Waals surface area contributed by atoms with E-state index in [1.54, 1.807) is 0 Å². The molecule has 0 aliphatic carbocycles. The third-order valence-corrected chi connectivity index (χ3v) is 6.16. The van der Waals surface area contributed by atoms with E-state index in [0.29, 0.717) is 12.8 Å². The Morgan fingerprint density at radius 1 is 1.03 bits per heavy atom. The predicted octanol–water partition coefficient (Wildman–Crippen LogP) is 6.12. The smallest absolute Gasteiger partial charge is 0.130 e. The predicted molar refractivity (Wildman–Crippen MR) is 115 cm³/mol. The van der Waals surface area contributed by atoms with Crippen LogP contribution in [0.2, 0.25) is 0 Å². The van der Waals surface area contributed by atoms with Crippen molar-refractivity contribution in [3.63, 3.8) is 0 Å². The van der Waals surface area contributed by atoms with Crippen LogP contribution in [0.5, 0.6) is 0 Å². The summed E-state index contributed by atoms with van der Waals surface area (Å²) < 4.78 is 29.1. The highest BCUT2D eigenvalue weighted by molar-refractivity contribution is 5.36. The molecule has 4 heteroatoms. The normalized spacial score (nSPS) is 14.6. The first-order valence-corrected chi connectivity index (χ1v) is 10.5. The molecule has 0 aliphatic rings. The second-order valence-electron chi connectivity index (χ2n) is 8.15. The van der Waals surface area contributed by atoms with Gasteiger partial charge in [0.1, 0.15) is 11.6 Å². The lowest BCUT2D eigenvalue weighted by atomic mass is 9.68. The molecule has 2 aromatic carbocycles. The Kier molecular flexibility index (Phi) is 8.34. The second kappa shape index (κ2) is 10.5. The van der Waals surface area contributed by atoms with Crippen molar-refractivity contribution < 1.29 is 8.78 Å². The molecule has 2 rings (SSSR count). The van der Waals surface area contributed by atoms with Crippen molar-refractivity contribution in [2.45, 2.75) is 57.9 Å². The quantitative estimate of drug-likeness (QED) is 0.482. The molecule has 0 bridgehead atoms. The molecule has 29 heavy (non-hydrogen) atoms. The van der Waals surface area contributed by atoms with Crippen LogP contribution in [0.4, 0.5) is 8.78 Å². The van der Waals surface area contributed by atoms with Gasteiger partial charge in [-0.25, -0.2) is 8.78 Å². The van der Waals surface area contributed by atoms with Crippen molar-refractivity contribution in [3.05, 3.63) is 71.3 Å². The van der Waals surface area contributed by atoms with E-state index in [1.807, 2.05) is 32.0 Å². The first-order valence-electron chi connectivity index (χ1n) is 10.5. The van der Waals surface area contributed by atoms with Gasteiger partial charge in [0.2, 0.25) is 0 Å². The maximum Gasteiger partial charge on any atom is 0.130 e. The van der Waals surface area contributed by atoms with Crippen LogP contribution in [0, 0.1) is 28.9 Å². The monoisotopic (exact) mass is 398 g/mol. The lowest BCUT2D eigenvalue weighted by Gasteiger charge is -2.35. The Morgan fingerprint density at radius 2 is 1.66 bits per heavy atom. The van der Waals surface area contributed by atoms with Gasteiger partial charge in [0.25, 0.3) is 0 Å². The fourth-order valence-electron chi connectivity index (χ4n) is 4.13. The maximum absolute atomic E-state index is 14.6. The van der Waals surface area contributed by atoms with Crippen LogP contribution in [0.25, 0.3) is 0 Å². The van der Waals surface area contributed by atoms with E-state index in [0.717, 1.165) is 19.4 Å². The summed E-state index contributed by atoms with van der Waals surface area (Å²) in [6, 6.07) is 16.7. The van der Waals surface area contributed by atoms with Crippen molar-refractivity contribution >= 4 is 0 Å². The molecule has 0 spiro atoms. The average molecular weight is 399 g/mol. The zero-order valence-corrected chi connectivity index (χ0v) is 18.0. The molecule has 2 aromatic rings. The van der Waals surface area contributed by atoms with E-state index >= 15 is 0 Å². The molecule has 0 aromatic heterocycles. The molecule has 0 saturated carbocycles. The van der Waals surface area contributed by atoms with Crippen LogP contribution in [-0.2, 0) is 11.8 Å². The van der Waals surface area contributed by atoms with E-state index in [1.165, 1.54) is 23.8 Å². The molecule has 0 heterocycles. The minimum Gasteiger partial charge on any atom is -0.303 e. The number of hydrogen-bond donors (Lipinski definition) is 0. The molecule has 0 aliphatic heterocycles. The van der Waals surface area contributed by atoms with E-state index < -0.39 is 17.0 Å². The standard InChI is InChI=1S/C25H32F2N2/c1-5-21(29(4)17-15-20-10-7-6-8-11-20)14-16-25(18-28,19(2)3)24-22(26)12-9-13-23(24)27/h6-13,19,21H,5,14-17H2,1-4H3. The molecule has 0 saturated heterocycles. The van der Waals surface area contributed by atoms with Crippen LogP contribution in [-0.4, -0.2) is 24.5 Å². The number of nitrogens with zero attached hydrogens (tertiary/aromatic N) is 2. The molecule has 0 amide bonds. The second-order valence-corrected chi connectivity index (χ2v) is 8.15. The van der Waals surface area contributed by atoms with Crippen LogP contribution in [0.3, 0.4) is 0 Å². The highest BCUT2D eigenvalue weighted by Crippen LogP contribution is 2.40. The number of likely N-dealkylation sites (N-methyl/N-ethyl adjacent to an activating group) is 1. The maximum atomic E-state index is 14.6. The SMILES string of the molecule is CCC(CCC(C#N)(c1c(F)cccc1F)C(C)C)N(C)CCc1ccccc1. The third-order valence-electron chi connectivity index (χ3n) is 6.16. The first-order chi connectivity index (χ1) is 13.9. The summed E-state index contributed by atoms with van der Waals surface area (Å²) in [6.07, 6.45) is 3.00. The average Bonchev–Trinajstić information content (AvgIpc) is 2.71. The summed E-state index contributed by atoms with van der Waals surface area (Å²) >= 11 is 0. The fourth-order valence-corrected chi connectivity index (χ4v) is 4.13. The van der Waals surface area contributed by atoms with Gasteiger partial charge in [-0.05, 0) is 56.3 Å². The van der Waals surface area contributed by atoms with Crippen LogP contribution in [0.15, 0.2) is 48.5 Å². The lowest BCUT2D eigenvalue weighted by molar-refractivity contribution is 0.203.